The first kappa shape index (κ1) is 15.4. The number of hydrogen-bond donors (Lipinski definition) is 1. The van der Waals surface area contributed by atoms with Gasteiger partial charge in [0.15, 0.2) is 6.61 Å². The molecular weight excluding hydrogens is 270 g/mol. The zero-order valence-electron chi connectivity index (χ0n) is 12.3. The molecule has 1 aliphatic rings. The molecular formula is C16H21NO4. The number of ether oxygens (including phenoxy) is 1. The van der Waals surface area contributed by atoms with E-state index in [4.69, 9.17) is 9.84 Å². The van der Waals surface area contributed by atoms with Crippen molar-refractivity contribution in [1.29, 1.82) is 0 Å². The zero-order chi connectivity index (χ0) is 15.2. The van der Waals surface area contributed by atoms with Gasteiger partial charge >= 0.3 is 5.97 Å². The molecule has 1 saturated heterocycles. The van der Waals surface area contributed by atoms with Crippen molar-refractivity contribution in [2.45, 2.75) is 32.6 Å². The summed E-state index contributed by atoms with van der Waals surface area (Å²) >= 11 is 0. The van der Waals surface area contributed by atoms with Crippen molar-refractivity contribution in [2.75, 3.05) is 19.7 Å². The van der Waals surface area contributed by atoms with Gasteiger partial charge in [0.2, 0.25) is 0 Å². The number of aryl methyl sites for hydroxylation is 1. The maximum Gasteiger partial charge on any atom is 0.335 e. The van der Waals surface area contributed by atoms with E-state index in [-0.39, 0.29) is 18.1 Å². The molecule has 114 valence electrons. The molecule has 0 aromatic heterocycles. The maximum atomic E-state index is 12.1. The highest BCUT2D eigenvalue weighted by Gasteiger charge is 2.16. The molecule has 0 atom stereocenters. The third-order valence-electron chi connectivity index (χ3n) is 3.73. The molecule has 1 heterocycles. The fraction of sp³-hybridized carbons (Fsp3) is 0.500. The van der Waals surface area contributed by atoms with Crippen molar-refractivity contribution >= 4 is 11.9 Å². The van der Waals surface area contributed by atoms with Crippen LogP contribution in [0.1, 0.15) is 41.6 Å². The average molecular weight is 291 g/mol. The molecule has 0 bridgehead atoms. The normalized spacial score (nSPS) is 15.4. The first-order chi connectivity index (χ1) is 10.1. The molecule has 0 unspecified atom stereocenters. The Balaban J connectivity index is 1.93. The molecule has 0 saturated carbocycles. The van der Waals surface area contributed by atoms with Crippen LogP contribution in [0.5, 0.6) is 5.75 Å². The number of carboxylic acids is 1. The van der Waals surface area contributed by atoms with E-state index >= 15 is 0 Å². The molecule has 21 heavy (non-hydrogen) atoms. The summed E-state index contributed by atoms with van der Waals surface area (Å²) in [5.74, 6) is -0.410. The smallest absolute Gasteiger partial charge is 0.335 e. The Hall–Kier alpha value is -2.04. The van der Waals surface area contributed by atoms with Gasteiger partial charge in [0.1, 0.15) is 5.75 Å². The van der Waals surface area contributed by atoms with Crippen molar-refractivity contribution in [3.8, 4) is 5.75 Å². The van der Waals surface area contributed by atoms with Gasteiger partial charge in [0.05, 0.1) is 5.56 Å². The Bertz CT molecular complexity index is 519. The van der Waals surface area contributed by atoms with Gasteiger partial charge in [0.25, 0.3) is 5.91 Å². The number of hydrogen-bond acceptors (Lipinski definition) is 3. The fourth-order valence-electron chi connectivity index (χ4n) is 2.50. The molecule has 1 aromatic rings. The van der Waals surface area contributed by atoms with Crippen LogP contribution in [0.25, 0.3) is 0 Å². The molecule has 1 aromatic carbocycles. The summed E-state index contributed by atoms with van der Waals surface area (Å²) in [6, 6.07) is 4.64. The lowest BCUT2D eigenvalue weighted by Gasteiger charge is -2.20. The minimum Gasteiger partial charge on any atom is -0.483 e. The SMILES string of the molecule is Cc1cc(C(=O)O)ccc1OCC(=O)N1CCCCCC1. The van der Waals surface area contributed by atoms with Crippen LogP contribution < -0.4 is 4.74 Å². The van der Waals surface area contributed by atoms with Crippen molar-refractivity contribution in [3.05, 3.63) is 29.3 Å². The summed E-state index contributed by atoms with van der Waals surface area (Å²) in [6.07, 6.45) is 4.47. The molecule has 1 fully saturated rings. The van der Waals surface area contributed by atoms with Gasteiger partial charge < -0.3 is 14.7 Å². The summed E-state index contributed by atoms with van der Waals surface area (Å²) < 4.78 is 5.54. The van der Waals surface area contributed by atoms with Gasteiger partial charge in [-0.15, -0.1) is 0 Å². The lowest BCUT2D eigenvalue weighted by atomic mass is 10.1. The van der Waals surface area contributed by atoms with Crippen molar-refractivity contribution in [2.24, 2.45) is 0 Å². The summed E-state index contributed by atoms with van der Waals surface area (Å²) in [6.45, 7) is 3.39. The second-order valence-electron chi connectivity index (χ2n) is 5.37. The van der Waals surface area contributed by atoms with Crippen LogP contribution in [0.15, 0.2) is 18.2 Å². The number of rotatable bonds is 4. The number of aromatic carboxylic acids is 1. The van der Waals surface area contributed by atoms with Crippen LogP contribution in [-0.2, 0) is 4.79 Å². The standard InChI is InChI=1S/C16H21NO4/c1-12-10-13(16(19)20)6-7-14(12)21-11-15(18)17-8-4-2-3-5-9-17/h6-7,10H,2-5,8-9,11H2,1H3,(H,19,20). The third kappa shape index (κ3) is 4.21. The van der Waals surface area contributed by atoms with Gasteiger partial charge in [-0.05, 0) is 43.5 Å². The molecule has 5 nitrogen and oxygen atoms in total. The van der Waals surface area contributed by atoms with Gasteiger partial charge in [-0.1, -0.05) is 12.8 Å². The van der Waals surface area contributed by atoms with Gasteiger partial charge in [-0.25, -0.2) is 4.79 Å². The van der Waals surface area contributed by atoms with Crippen LogP contribution in [-0.4, -0.2) is 41.6 Å². The summed E-state index contributed by atoms with van der Waals surface area (Å²) in [5.41, 5.74) is 0.942. The molecule has 0 spiro atoms. The molecule has 0 radical (unpaired) electrons. The number of likely N-dealkylation sites (tertiary alicyclic amines) is 1. The highest BCUT2D eigenvalue weighted by atomic mass is 16.5. The van der Waals surface area contributed by atoms with Crippen molar-refractivity contribution in [1.82, 2.24) is 4.90 Å². The van der Waals surface area contributed by atoms with E-state index in [1.54, 1.807) is 19.1 Å². The average Bonchev–Trinajstić information content (AvgIpc) is 2.74. The number of amides is 1. The van der Waals surface area contributed by atoms with Crippen molar-refractivity contribution < 1.29 is 19.4 Å². The van der Waals surface area contributed by atoms with E-state index in [1.807, 2.05) is 4.90 Å². The Kier molecular flexibility index (Phi) is 5.20. The first-order valence-electron chi connectivity index (χ1n) is 7.32. The number of carboxylic acid groups (broad SMARTS) is 1. The molecule has 1 aliphatic heterocycles. The topological polar surface area (TPSA) is 66.8 Å². The molecule has 1 amide bonds. The van der Waals surface area contributed by atoms with Gasteiger partial charge in [-0.3, -0.25) is 4.79 Å². The lowest BCUT2D eigenvalue weighted by molar-refractivity contribution is -0.133. The largest absolute Gasteiger partial charge is 0.483 e. The zero-order valence-corrected chi connectivity index (χ0v) is 12.3. The van der Waals surface area contributed by atoms with E-state index in [2.05, 4.69) is 0 Å². The Labute approximate surface area is 124 Å². The van der Waals surface area contributed by atoms with Crippen LogP contribution in [0.4, 0.5) is 0 Å². The third-order valence-corrected chi connectivity index (χ3v) is 3.73. The van der Waals surface area contributed by atoms with Crippen LogP contribution >= 0.6 is 0 Å². The number of benzene rings is 1. The number of nitrogens with zero attached hydrogens (tertiary/aromatic N) is 1. The Morgan fingerprint density at radius 3 is 2.43 bits per heavy atom. The molecule has 5 heteroatoms. The predicted molar refractivity (Wildman–Crippen MR) is 78.7 cm³/mol. The highest BCUT2D eigenvalue weighted by Crippen LogP contribution is 2.19. The lowest BCUT2D eigenvalue weighted by Crippen LogP contribution is -2.35. The summed E-state index contributed by atoms with van der Waals surface area (Å²) in [7, 11) is 0. The molecule has 2 rings (SSSR count). The second kappa shape index (κ2) is 7.11. The first-order valence-corrected chi connectivity index (χ1v) is 7.32. The van der Waals surface area contributed by atoms with E-state index in [1.165, 1.54) is 18.9 Å². The predicted octanol–water partition coefficient (Wildman–Crippen LogP) is 2.47. The highest BCUT2D eigenvalue weighted by molar-refractivity contribution is 5.88. The van der Waals surface area contributed by atoms with Gasteiger partial charge in [-0.2, -0.15) is 0 Å². The second-order valence-corrected chi connectivity index (χ2v) is 5.37. The van der Waals surface area contributed by atoms with Crippen LogP contribution in [0.3, 0.4) is 0 Å². The number of carbonyl (C=O) groups is 2. The van der Waals surface area contributed by atoms with Gasteiger partial charge in [0, 0.05) is 13.1 Å². The van der Waals surface area contributed by atoms with E-state index in [0.717, 1.165) is 31.5 Å². The van der Waals surface area contributed by atoms with Crippen molar-refractivity contribution in [3.63, 3.8) is 0 Å². The minimum absolute atomic E-state index is 0.00129. The molecule has 1 N–H and O–H groups in total. The summed E-state index contributed by atoms with van der Waals surface area (Å²) in [4.78, 5) is 24.8. The van der Waals surface area contributed by atoms with Crippen LogP contribution in [0.2, 0.25) is 0 Å². The number of carbonyl (C=O) groups excluding carboxylic acids is 1. The van der Waals surface area contributed by atoms with E-state index in [9.17, 15) is 9.59 Å². The Morgan fingerprint density at radius 1 is 1.19 bits per heavy atom. The molecule has 0 aliphatic carbocycles. The summed E-state index contributed by atoms with van der Waals surface area (Å²) in [5, 5.41) is 8.91. The monoisotopic (exact) mass is 291 g/mol. The fourth-order valence-corrected chi connectivity index (χ4v) is 2.50. The van der Waals surface area contributed by atoms with E-state index in [0.29, 0.717) is 5.75 Å². The minimum atomic E-state index is -0.967. The Morgan fingerprint density at radius 2 is 1.86 bits per heavy atom. The quantitative estimate of drug-likeness (QED) is 0.925. The van der Waals surface area contributed by atoms with Crippen LogP contribution in [0, 0.1) is 6.92 Å². The maximum absolute atomic E-state index is 12.1. The van der Waals surface area contributed by atoms with E-state index < -0.39 is 5.97 Å².